The fourth-order valence-corrected chi connectivity index (χ4v) is 9.41. The summed E-state index contributed by atoms with van der Waals surface area (Å²) in [7, 11) is 0. The van der Waals surface area contributed by atoms with Crippen LogP contribution < -0.4 is 20.3 Å². The molecule has 2 bridgehead atoms. The second kappa shape index (κ2) is 11.5. The molecule has 3 aromatic carbocycles. The number of hydrogen-bond donors (Lipinski definition) is 3. The number of phenolic OH excluding ortho intramolecular Hbond substituents is 1. The van der Waals surface area contributed by atoms with E-state index in [9.17, 15) is 9.90 Å². The van der Waals surface area contributed by atoms with Gasteiger partial charge < -0.3 is 30.3 Å². The summed E-state index contributed by atoms with van der Waals surface area (Å²) < 4.78 is 6.57. The molecule has 4 aromatic rings. The number of hydrogen-bond acceptors (Lipinski definition) is 8. The molecule has 0 spiro atoms. The minimum absolute atomic E-state index is 0.0600. The number of piperazine rings is 1. The van der Waals surface area contributed by atoms with Crippen molar-refractivity contribution in [2.24, 2.45) is 0 Å². The number of carbonyl (C=O) groups is 1. The summed E-state index contributed by atoms with van der Waals surface area (Å²) in [5, 5.41) is 20.4. The fourth-order valence-electron chi connectivity index (χ4n) is 9.41. The van der Waals surface area contributed by atoms with Crippen molar-refractivity contribution in [2.45, 2.75) is 75.0 Å². The van der Waals surface area contributed by atoms with Crippen LogP contribution in [-0.2, 0) is 0 Å². The Balaban J connectivity index is 1.07. The molecule has 3 N–H and O–H groups in total. The maximum Gasteiger partial charge on any atom is 0.319 e. The minimum atomic E-state index is -0.199. The van der Waals surface area contributed by atoms with E-state index in [2.05, 4.69) is 56.5 Å². The number of anilines is 1. The molecule has 5 aliphatic rings. The third kappa shape index (κ3) is 5.11. The Labute approximate surface area is 281 Å². The largest absolute Gasteiger partial charge is 0.508 e. The smallest absolute Gasteiger partial charge is 0.319 e. The van der Waals surface area contributed by atoms with Crippen molar-refractivity contribution in [3.05, 3.63) is 54.6 Å². The van der Waals surface area contributed by atoms with Crippen LogP contribution in [0.3, 0.4) is 0 Å². The molecule has 250 valence electrons. The van der Waals surface area contributed by atoms with Crippen molar-refractivity contribution in [3.8, 4) is 22.9 Å². The quantitative estimate of drug-likeness (QED) is 0.260. The summed E-state index contributed by atoms with van der Waals surface area (Å²) in [4.78, 5) is 30.9. The van der Waals surface area contributed by atoms with Crippen LogP contribution in [0.15, 0.2) is 54.6 Å². The average molecular weight is 648 g/mol. The summed E-state index contributed by atoms with van der Waals surface area (Å²) in [5.74, 6) is 1.11. The highest BCUT2D eigenvalue weighted by Gasteiger charge is 2.46. The maximum absolute atomic E-state index is 13.6. The van der Waals surface area contributed by atoms with E-state index in [1.54, 1.807) is 6.07 Å². The van der Waals surface area contributed by atoms with Gasteiger partial charge in [0.15, 0.2) is 0 Å². The highest BCUT2D eigenvalue weighted by molar-refractivity contribution is 6.01. The number of amides is 2. The van der Waals surface area contributed by atoms with Crippen LogP contribution >= 0.6 is 0 Å². The zero-order valence-electron chi connectivity index (χ0n) is 27.8. The highest BCUT2D eigenvalue weighted by Crippen LogP contribution is 2.41. The second-order valence-corrected chi connectivity index (χ2v) is 15.1. The van der Waals surface area contributed by atoms with Crippen LogP contribution in [0.25, 0.3) is 32.8 Å². The molecule has 10 nitrogen and oxygen atoms in total. The van der Waals surface area contributed by atoms with Crippen LogP contribution in [0.2, 0.25) is 0 Å². The normalized spacial score (nSPS) is 26.4. The van der Waals surface area contributed by atoms with E-state index in [1.807, 2.05) is 24.3 Å². The third-order valence-corrected chi connectivity index (χ3v) is 11.9. The molecular formula is C38H45N7O3. The molecule has 9 rings (SSSR count). The number of benzene rings is 3. The lowest BCUT2D eigenvalue weighted by Gasteiger charge is -2.43. The van der Waals surface area contributed by atoms with Crippen LogP contribution in [-0.4, -0.2) is 99.9 Å². The number of nitrogens with one attached hydrogen (secondary N) is 2. The lowest BCUT2D eigenvalue weighted by molar-refractivity contribution is 0.108. The number of carbonyl (C=O) groups excluding carboxylic acids is 1. The SMILES string of the molecule is CC1(NC(=O)N2C3CCC2CN(c2nc(OCC45CCCN4CCC5)nc4cc(-c5cc(O)cc6ccccc56)ccc24)C3)CCNC1. The van der Waals surface area contributed by atoms with Gasteiger partial charge in [-0.25, -0.2) is 4.79 Å². The molecule has 5 aliphatic heterocycles. The molecule has 5 saturated heterocycles. The summed E-state index contributed by atoms with van der Waals surface area (Å²) in [6.45, 7) is 8.22. The van der Waals surface area contributed by atoms with E-state index in [0.29, 0.717) is 12.6 Å². The van der Waals surface area contributed by atoms with Gasteiger partial charge in [-0.15, -0.1) is 0 Å². The number of urea groups is 1. The Morgan fingerprint density at radius 3 is 2.56 bits per heavy atom. The van der Waals surface area contributed by atoms with Crippen LogP contribution in [0.1, 0.15) is 51.9 Å². The number of phenols is 1. The number of fused-ring (bicyclic) bond motifs is 5. The molecule has 6 heterocycles. The van der Waals surface area contributed by atoms with Crippen molar-refractivity contribution in [2.75, 3.05) is 50.8 Å². The zero-order valence-corrected chi connectivity index (χ0v) is 27.8. The molecule has 1 aromatic heterocycles. The Hall–Kier alpha value is -4.15. The molecule has 3 atom stereocenters. The van der Waals surface area contributed by atoms with Crippen molar-refractivity contribution >= 4 is 33.5 Å². The molecule has 0 saturated carbocycles. The van der Waals surface area contributed by atoms with Crippen molar-refractivity contribution in [3.63, 3.8) is 0 Å². The molecular weight excluding hydrogens is 602 g/mol. The zero-order chi connectivity index (χ0) is 32.5. The van der Waals surface area contributed by atoms with Gasteiger partial charge in [-0.3, -0.25) is 4.90 Å². The molecule has 5 fully saturated rings. The first kappa shape index (κ1) is 29.9. The van der Waals surface area contributed by atoms with Crippen molar-refractivity contribution in [1.29, 1.82) is 0 Å². The van der Waals surface area contributed by atoms with Gasteiger partial charge >= 0.3 is 12.0 Å². The lowest BCUT2D eigenvalue weighted by Crippen LogP contribution is -2.61. The first-order valence-corrected chi connectivity index (χ1v) is 17.8. The Bertz CT molecular complexity index is 1870. The molecule has 3 unspecified atom stereocenters. The topological polar surface area (TPSA) is 106 Å². The Morgan fingerprint density at radius 1 is 1.00 bits per heavy atom. The first-order valence-electron chi connectivity index (χ1n) is 17.8. The average Bonchev–Trinajstić information content (AvgIpc) is 3.85. The Morgan fingerprint density at radius 2 is 1.79 bits per heavy atom. The summed E-state index contributed by atoms with van der Waals surface area (Å²) in [6.07, 6.45) is 7.67. The number of nitrogens with zero attached hydrogens (tertiary/aromatic N) is 5. The van der Waals surface area contributed by atoms with Gasteiger partial charge in [0.25, 0.3) is 0 Å². The predicted molar refractivity (Wildman–Crippen MR) is 188 cm³/mol. The van der Waals surface area contributed by atoms with Crippen LogP contribution in [0, 0.1) is 0 Å². The van der Waals surface area contributed by atoms with Gasteiger partial charge in [-0.2, -0.15) is 9.97 Å². The maximum atomic E-state index is 13.6. The van der Waals surface area contributed by atoms with Crippen molar-refractivity contribution < 1.29 is 14.6 Å². The van der Waals surface area contributed by atoms with E-state index >= 15 is 0 Å². The van der Waals surface area contributed by atoms with Gasteiger partial charge in [0, 0.05) is 25.0 Å². The van der Waals surface area contributed by atoms with E-state index in [0.717, 1.165) is 110 Å². The van der Waals surface area contributed by atoms with Gasteiger partial charge in [0.1, 0.15) is 18.2 Å². The fraction of sp³-hybridized carbons (Fsp3) is 0.500. The molecule has 10 heteroatoms. The van der Waals surface area contributed by atoms with Crippen LogP contribution in [0.4, 0.5) is 10.6 Å². The lowest BCUT2D eigenvalue weighted by atomic mass is 9.95. The molecule has 0 aliphatic carbocycles. The predicted octanol–water partition coefficient (Wildman–Crippen LogP) is 5.28. The van der Waals surface area contributed by atoms with E-state index in [-0.39, 0.29) is 34.9 Å². The number of aromatic hydroxyl groups is 1. The molecule has 2 amide bonds. The Kier molecular flexibility index (Phi) is 7.16. The minimum Gasteiger partial charge on any atom is -0.508 e. The summed E-state index contributed by atoms with van der Waals surface area (Å²) in [6, 6.07) is 18.8. The standard InChI is InChI=1S/C38H45N7O3/c1-37(14-15-39-23-37)42-36(47)45-27-9-10-28(45)22-43(21-27)34-31-11-8-26(32-20-29(46)18-25-6-2-3-7-30(25)32)19-33(31)40-35(41-34)48-24-38-12-4-16-44(38)17-5-13-38/h2-3,6-8,11,18-20,27-28,39,46H,4-5,9-10,12-17,21-24H2,1H3,(H,42,47). The van der Waals surface area contributed by atoms with Gasteiger partial charge in [-0.1, -0.05) is 30.3 Å². The monoisotopic (exact) mass is 647 g/mol. The van der Waals surface area contributed by atoms with Gasteiger partial charge in [-0.05, 0) is 118 Å². The highest BCUT2D eigenvalue weighted by atomic mass is 16.5. The van der Waals surface area contributed by atoms with E-state index < -0.39 is 0 Å². The van der Waals surface area contributed by atoms with E-state index in [1.165, 1.54) is 12.8 Å². The number of rotatable bonds is 6. The molecule has 0 radical (unpaired) electrons. The second-order valence-electron chi connectivity index (χ2n) is 15.1. The third-order valence-electron chi connectivity index (χ3n) is 11.9. The summed E-state index contributed by atoms with van der Waals surface area (Å²) >= 11 is 0. The van der Waals surface area contributed by atoms with Crippen LogP contribution in [0.5, 0.6) is 11.8 Å². The number of ether oxygens (including phenoxy) is 1. The first-order chi connectivity index (χ1) is 23.4. The van der Waals surface area contributed by atoms with Gasteiger partial charge in [0.05, 0.1) is 28.7 Å². The molecule has 48 heavy (non-hydrogen) atoms. The summed E-state index contributed by atoms with van der Waals surface area (Å²) in [5.41, 5.74) is 2.66. The van der Waals surface area contributed by atoms with Crippen molar-refractivity contribution in [1.82, 2.24) is 30.4 Å². The van der Waals surface area contributed by atoms with E-state index in [4.69, 9.17) is 14.7 Å². The van der Waals surface area contributed by atoms with Gasteiger partial charge in [0.2, 0.25) is 0 Å². The number of aromatic nitrogens is 2.